The number of hydrogen-bond acceptors (Lipinski definition) is 3. The van der Waals surface area contributed by atoms with Crippen molar-refractivity contribution in [1.29, 1.82) is 0 Å². The van der Waals surface area contributed by atoms with E-state index in [2.05, 4.69) is 21.0 Å². The number of likely N-dealkylation sites (N-methyl/N-ethyl adjacent to an activating group) is 1. The number of esters is 1. The van der Waals surface area contributed by atoms with E-state index in [1.54, 1.807) is 12.1 Å². The zero-order valence-electron chi connectivity index (χ0n) is 13.2. The lowest BCUT2D eigenvalue weighted by Crippen LogP contribution is -3.00. The molecular weight excluding hydrogens is 290 g/mol. The van der Waals surface area contributed by atoms with Crippen molar-refractivity contribution in [2.45, 2.75) is 19.8 Å². The molecule has 21 heavy (non-hydrogen) atoms. The summed E-state index contributed by atoms with van der Waals surface area (Å²) in [4.78, 5) is 11.8. The number of halogens is 1. The van der Waals surface area contributed by atoms with Crippen molar-refractivity contribution < 1.29 is 31.2 Å². The SMILES string of the molecule is CCCCOC[N+](C)(C)CCOC(=O)c1ccccc1.[Cl-]. The van der Waals surface area contributed by atoms with E-state index < -0.39 is 0 Å². The number of carbonyl (C=O) groups excluding carboxylic acids is 1. The summed E-state index contributed by atoms with van der Waals surface area (Å²) in [5.74, 6) is -0.266. The lowest BCUT2D eigenvalue weighted by atomic mass is 10.2. The van der Waals surface area contributed by atoms with Crippen LogP contribution in [0.4, 0.5) is 0 Å². The maximum Gasteiger partial charge on any atom is 0.338 e. The molecule has 0 saturated heterocycles. The Kier molecular flexibility index (Phi) is 10.0. The van der Waals surface area contributed by atoms with Gasteiger partial charge in [0.2, 0.25) is 0 Å². The van der Waals surface area contributed by atoms with Crippen LogP contribution >= 0.6 is 0 Å². The van der Waals surface area contributed by atoms with E-state index in [-0.39, 0.29) is 18.4 Å². The van der Waals surface area contributed by atoms with Crippen molar-refractivity contribution >= 4 is 5.97 Å². The molecule has 1 rings (SSSR count). The molecule has 0 radical (unpaired) electrons. The Balaban J connectivity index is 0.00000400. The van der Waals surface area contributed by atoms with Crippen molar-refractivity contribution in [3.8, 4) is 0 Å². The number of rotatable bonds is 9. The second-order valence-electron chi connectivity index (χ2n) is 5.55. The number of quaternary nitrogens is 1. The molecule has 0 N–H and O–H groups in total. The number of nitrogens with zero attached hydrogens (tertiary/aromatic N) is 1. The minimum Gasteiger partial charge on any atom is -1.00 e. The Bertz CT molecular complexity index is 396. The molecule has 0 heterocycles. The molecular formula is C16H26ClNO3. The van der Waals surface area contributed by atoms with Crippen LogP contribution in [0.1, 0.15) is 30.1 Å². The standard InChI is InChI=1S/C16H26NO3.ClH/c1-4-5-12-19-14-17(2,3)11-13-20-16(18)15-9-7-6-8-10-15;/h6-10H,4-5,11-14H2,1-3H3;1H/q+1;/p-1. The Labute approximate surface area is 134 Å². The van der Waals surface area contributed by atoms with Gasteiger partial charge in [-0.05, 0) is 18.6 Å². The highest BCUT2D eigenvalue weighted by molar-refractivity contribution is 5.89. The van der Waals surface area contributed by atoms with Crippen LogP contribution in [0.2, 0.25) is 0 Å². The van der Waals surface area contributed by atoms with Crippen molar-refractivity contribution in [2.24, 2.45) is 0 Å². The molecule has 1 aromatic carbocycles. The van der Waals surface area contributed by atoms with Gasteiger partial charge in [0.25, 0.3) is 0 Å². The number of carbonyl (C=O) groups is 1. The van der Waals surface area contributed by atoms with Gasteiger partial charge in [-0.2, -0.15) is 0 Å². The maximum absolute atomic E-state index is 11.8. The van der Waals surface area contributed by atoms with Crippen LogP contribution in [0.5, 0.6) is 0 Å². The molecule has 0 aliphatic carbocycles. The van der Waals surface area contributed by atoms with Gasteiger partial charge in [-0.15, -0.1) is 0 Å². The zero-order chi connectivity index (χ0) is 14.8. The second kappa shape index (κ2) is 10.6. The van der Waals surface area contributed by atoms with Crippen LogP contribution in [0, 0.1) is 0 Å². The van der Waals surface area contributed by atoms with E-state index in [0.29, 0.717) is 23.4 Å². The Morgan fingerprint density at radius 1 is 1.14 bits per heavy atom. The summed E-state index contributed by atoms with van der Waals surface area (Å²) in [5, 5.41) is 0. The van der Waals surface area contributed by atoms with E-state index in [9.17, 15) is 4.79 Å². The van der Waals surface area contributed by atoms with E-state index in [0.717, 1.165) is 26.0 Å². The third-order valence-corrected chi connectivity index (χ3v) is 3.02. The average molecular weight is 316 g/mol. The van der Waals surface area contributed by atoms with E-state index in [1.165, 1.54) is 0 Å². The predicted octanol–water partition coefficient (Wildman–Crippen LogP) is -0.302. The van der Waals surface area contributed by atoms with Crippen LogP contribution in [-0.4, -0.2) is 51.0 Å². The summed E-state index contributed by atoms with van der Waals surface area (Å²) >= 11 is 0. The van der Waals surface area contributed by atoms with Crippen molar-refractivity contribution in [2.75, 3.05) is 40.6 Å². The minimum atomic E-state index is -0.266. The zero-order valence-corrected chi connectivity index (χ0v) is 13.9. The first-order valence-corrected chi connectivity index (χ1v) is 7.17. The number of ether oxygens (including phenoxy) is 2. The van der Waals surface area contributed by atoms with Crippen molar-refractivity contribution in [1.82, 2.24) is 0 Å². The average Bonchev–Trinajstić information content (AvgIpc) is 2.44. The predicted molar refractivity (Wildman–Crippen MR) is 79.4 cm³/mol. The highest BCUT2D eigenvalue weighted by atomic mass is 35.5. The monoisotopic (exact) mass is 315 g/mol. The van der Waals surface area contributed by atoms with Crippen molar-refractivity contribution in [3.05, 3.63) is 35.9 Å². The van der Waals surface area contributed by atoms with Crippen molar-refractivity contribution in [3.63, 3.8) is 0 Å². The molecule has 4 nitrogen and oxygen atoms in total. The van der Waals surface area contributed by atoms with Gasteiger partial charge in [0.05, 0.1) is 26.3 Å². The lowest BCUT2D eigenvalue weighted by molar-refractivity contribution is -0.909. The van der Waals surface area contributed by atoms with E-state index >= 15 is 0 Å². The second-order valence-corrected chi connectivity index (χ2v) is 5.55. The summed E-state index contributed by atoms with van der Waals surface area (Å²) in [6.07, 6.45) is 2.23. The van der Waals surface area contributed by atoms with Gasteiger partial charge in [0.15, 0.2) is 6.73 Å². The smallest absolute Gasteiger partial charge is 0.338 e. The highest BCUT2D eigenvalue weighted by Gasteiger charge is 2.16. The number of unbranched alkanes of at least 4 members (excludes halogenated alkanes) is 1. The fourth-order valence-electron chi connectivity index (χ4n) is 1.67. The molecule has 5 heteroatoms. The molecule has 0 atom stereocenters. The summed E-state index contributed by atoms with van der Waals surface area (Å²) in [5.41, 5.74) is 0.594. The molecule has 0 saturated carbocycles. The van der Waals surface area contributed by atoms with Gasteiger partial charge in [0.1, 0.15) is 13.2 Å². The number of benzene rings is 1. The van der Waals surface area contributed by atoms with Gasteiger partial charge in [0, 0.05) is 0 Å². The summed E-state index contributed by atoms with van der Waals surface area (Å²) in [6.45, 7) is 4.72. The normalized spacial score (nSPS) is 10.8. The fourth-order valence-corrected chi connectivity index (χ4v) is 1.67. The first kappa shape index (κ1) is 19.9. The summed E-state index contributed by atoms with van der Waals surface area (Å²) in [7, 11) is 4.14. The van der Waals surface area contributed by atoms with E-state index in [1.807, 2.05) is 18.2 Å². The third kappa shape index (κ3) is 8.71. The largest absolute Gasteiger partial charge is 1.00 e. The first-order chi connectivity index (χ1) is 9.55. The molecule has 0 unspecified atom stereocenters. The molecule has 0 bridgehead atoms. The maximum atomic E-state index is 11.8. The van der Waals surface area contributed by atoms with Gasteiger partial charge < -0.3 is 26.4 Å². The van der Waals surface area contributed by atoms with Crippen LogP contribution in [0.3, 0.4) is 0 Å². The lowest BCUT2D eigenvalue weighted by Gasteiger charge is -2.28. The molecule has 120 valence electrons. The molecule has 0 spiro atoms. The van der Waals surface area contributed by atoms with Crippen LogP contribution < -0.4 is 12.4 Å². The molecule has 0 aliphatic rings. The van der Waals surface area contributed by atoms with Crippen LogP contribution in [0.25, 0.3) is 0 Å². The van der Waals surface area contributed by atoms with Gasteiger partial charge in [-0.3, -0.25) is 0 Å². The highest BCUT2D eigenvalue weighted by Crippen LogP contribution is 2.03. The third-order valence-electron chi connectivity index (χ3n) is 3.02. The first-order valence-electron chi connectivity index (χ1n) is 7.17. The van der Waals surface area contributed by atoms with Crippen LogP contribution in [-0.2, 0) is 9.47 Å². The topological polar surface area (TPSA) is 35.5 Å². The Morgan fingerprint density at radius 2 is 1.81 bits per heavy atom. The molecule has 0 amide bonds. The molecule has 0 fully saturated rings. The Hall–Kier alpha value is -1.10. The van der Waals surface area contributed by atoms with Gasteiger partial charge in [-0.1, -0.05) is 31.5 Å². The molecule has 1 aromatic rings. The quantitative estimate of drug-likeness (QED) is 0.272. The molecule has 0 aliphatic heterocycles. The van der Waals surface area contributed by atoms with Gasteiger partial charge in [-0.25, -0.2) is 4.79 Å². The Morgan fingerprint density at radius 3 is 2.43 bits per heavy atom. The van der Waals surface area contributed by atoms with E-state index in [4.69, 9.17) is 9.47 Å². The van der Waals surface area contributed by atoms with Gasteiger partial charge >= 0.3 is 5.97 Å². The minimum absolute atomic E-state index is 0. The number of hydrogen-bond donors (Lipinski definition) is 0. The fraction of sp³-hybridized carbons (Fsp3) is 0.562. The molecule has 0 aromatic heterocycles. The summed E-state index contributed by atoms with van der Waals surface area (Å²) < 4.78 is 11.6. The van der Waals surface area contributed by atoms with Crippen LogP contribution in [0.15, 0.2) is 30.3 Å². The summed E-state index contributed by atoms with van der Waals surface area (Å²) in [6, 6.07) is 9.06.